The van der Waals surface area contributed by atoms with Gasteiger partial charge in [0.25, 0.3) is 0 Å². The van der Waals surface area contributed by atoms with Crippen molar-refractivity contribution in [2.75, 3.05) is 27.2 Å². The van der Waals surface area contributed by atoms with Gasteiger partial charge in [0, 0.05) is 12.6 Å². The molecule has 2 nitrogen and oxygen atoms in total. The van der Waals surface area contributed by atoms with E-state index in [9.17, 15) is 0 Å². The topological polar surface area (TPSA) is 15.3 Å². The molecule has 2 heteroatoms. The Labute approximate surface area is 94.7 Å². The first kappa shape index (κ1) is 12.7. The summed E-state index contributed by atoms with van der Waals surface area (Å²) in [7, 11) is 4.31. The van der Waals surface area contributed by atoms with Gasteiger partial charge in [-0.1, -0.05) is 25.0 Å². The van der Waals surface area contributed by atoms with Crippen LogP contribution in [0.5, 0.6) is 0 Å². The lowest BCUT2D eigenvalue weighted by Gasteiger charge is -2.24. The minimum atomic E-state index is 0.572. The van der Waals surface area contributed by atoms with Crippen molar-refractivity contribution in [1.82, 2.24) is 10.2 Å². The Bertz CT molecular complexity index is 197. The van der Waals surface area contributed by atoms with Crippen molar-refractivity contribution in [2.24, 2.45) is 0 Å². The Morgan fingerprint density at radius 3 is 2.80 bits per heavy atom. The van der Waals surface area contributed by atoms with Crippen LogP contribution in [0, 0.1) is 0 Å². The lowest BCUT2D eigenvalue weighted by atomic mass is 10.0. The van der Waals surface area contributed by atoms with Crippen molar-refractivity contribution in [2.45, 2.75) is 45.1 Å². The maximum Gasteiger partial charge on any atom is 0.0408 e. The van der Waals surface area contributed by atoms with E-state index in [1.165, 1.54) is 32.1 Å². The molecule has 0 radical (unpaired) electrons. The molecular weight excluding hydrogens is 184 g/mol. The first-order valence-corrected chi connectivity index (χ1v) is 6.31. The maximum absolute atomic E-state index is 3.60. The maximum atomic E-state index is 3.60. The fraction of sp³-hybridized carbons (Fsp3) is 0.846. The molecule has 1 unspecified atom stereocenters. The molecule has 15 heavy (non-hydrogen) atoms. The van der Waals surface area contributed by atoms with E-state index in [2.05, 4.69) is 37.3 Å². The molecule has 88 valence electrons. The second-order valence-corrected chi connectivity index (χ2v) is 4.75. The molecule has 0 heterocycles. The second kappa shape index (κ2) is 7.02. The molecule has 0 amide bonds. The lowest BCUT2D eigenvalue weighted by Crippen LogP contribution is -2.39. The van der Waals surface area contributed by atoms with E-state index in [0.29, 0.717) is 6.04 Å². The molecule has 0 saturated carbocycles. The van der Waals surface area contributed by atoms with Crippen LogP contribution in [-0.2, 0) is 0 Å². The van der Waals surface area contributed by atoms with Crippen molar-refractivity contribution >= 4 is 0 Å². The first-order chi connectivity index (χ1) is 7.24. The highest BCUT2D eigenvalue weighted by Crippen LogP contribution is 2.20. The fourth-order valence-electron chi connectivity index (χ4n) is 2.28. The molecule has 1 aliphatic rings. The van der Waals surface area contributed by atoms with Crippen LogP contribution in [0.3, 0.4) is 0 Å². The van der Waals surface area contributed by atoms with Gasteiger partial charge in [0.1, 0.15) is 0 Å². The molecule has 1 atom stereocenters. The van der Waals surface area contributed by atoms with Crippen molar-refractivity contribution < 1.29 is 0 Å². The number of hydrogen-bond donors (Lipinski definition) is 1. The third-order valence-corrected chi connectivity index (χ3v) is 3.02. The zero-order chi connectivity index (χ0) is 11.1. The highest BCUT2D eigenvalue weighted by Gasteiger charge is 2.14. The zero-order valence-corrected chi connectivity index (χ0v) is 10.6. The largest absolute Gasteiger partial charge is 0.309 e. The third-order valence-electron chi connectivity index (χ3n) is 3.02. The summed E-state index contributed by atoms with van der Waals surface area (Å²) in [6.07, 6.45) is 9.21. The van der Waals surface area contributed by atoms with Gasteiger partial charge in [0.05, 0.1) is 0 Å². The van der Waals surface area contributed by atoms with Crippen LogP contribution < -0.4 is 5.32 Å². The first-order valence-electron chi connectivity index (χ1n) is 6.31. The lowest BCUT2D eigenvalue weighted by molar-refractivity contribution is 0.358. The van der Waals surface area contributed by atoms with Gasteiger partial charge >= 0.3 is 0 Å². The van der Waals surface area contributed by atoms with E-state index in [-0.39, 0.29) is 0 Å². The third kappa shape index (κ3) is 4.80. The van der Waals surface area contributed by atoms with Gasteiger partial charge in [-0.2, -0.15) is 0 Å². The summed E-state index contributed by atoms with van der Waals surface area (Å²) in [5.74, 6) is 0. The predicted molar refractivity (Wildman–Crippen MR) is 67.2 cm³/mol. The Kier molecular flexibility index (Phi) is 5.96. The minimum Gasteiger partial charge on any atom is -0.309 e. The van der Waals surface area contributed by atoms with Crippen LogP contribution in [0.2, 0.25) is 0 Å². The molecule has 1 aliphatic carbocycles. The van der Waals surface area contributed by atoms with Crippen molar-refractivity contribution in [1.29, 1.82) is 0 Å². The highest BCUT2D eigenvalue weighted by molar-refractivity contribution is 5.12. The highest BCUT2D eigenvalue weighted by atomic mass is 15.1. The normalized spacial score (nSPS) is 19.9. The van der Waals surface area contributed by atoms with Gasteiger partial charge in [-0.25, -0.2) is 0 Å². The Morgan fingerprint density at radius 1 is 1.33 bits per heavy atom. The molecule has 0 saturated heterocycles. The predicted octanol–water partition coefficient (Wildman–Crippen LogP) is 2.42. The van der Waals surface area contributed by atoms with E-state index >= 15 is 0 Å². The summed E-state index contributed by atoms with van der Waals surface area (Å²) in [5.41, 5.74) is 1.64. The quantitative estimate of drug-likeness (QED) is 0.701. The molecule has 0 bridgehead atoms. The summed E-state index contributed by atoms with van der Waals surface area (Å²) in [6.45, 7) is 4.38. The van der Waals surface area contributed by atoms with Crippen LogP contribution in [0.25, 0.3) is 0 Å². The van der Waals surface area contributed by atoms with Crippen LogP contribution >= 0.6 is 0 Å². The number of allylic oxidation sites excluding steroid dienone is 1. The average molecular weight is 210 g/mol. The molecule has 0 aromatic heterocycles. The summed E-state index contributed by atoms with van der Waals surface area (Å²) in [4.78, 5) is 2.28. The average Bonchev–Trinajstić information content (AvgIpc) is 2.44. The van der Waals surface area contributed by atoms with E-state index in [1.807, 2.05) is 0 Å². The van der Waals surface area contributed by atoms with Gasteiger partial charge in [-0.3, -0.25) is 0 Å². The smallest absolute Gasteiger partial charge is 0.0408 e. The minimum absolute atomic E-state index is 0.572. The van der Waals surface area contributed by atoms with E-state index in [1.54, 1.807) is 5.57 Å². The fourth-order valence-corrected chi connectivity index (χ4v) is 2.28. The molecule has 1 rings (SSSR count). The van der Waals surface area contributed by atoms with Crippen LogP contribution in [0.15, 0.2) is 11.6 Å². The molecule has 0 aromatic rings. The molecule has 0 fully saturated rings. The summed E-state index contributed by atoms with van der Waals surface area (Å²) >= 11 is 0. The van der Waals surface area contributed by atoms with Gasteiger partial charge in [0.15, 0.2) is 0 Å². The molecular formula is C13H26N2. The zero-order valence-electron chi connectivity index (χ0n) is 10.6. The molecule has 0 spiro atoms. The van der Waals surface area contributed by atoms with Gasteiger partial charge < -0.3 is 10.2 Å². The standard InChI is InChI=1S/C13H26N2/c1-4-14-13(11-15(2)3)12-9-7-5-6-8-10-12/h9,13-14H,4-8,10-11H2,1-3H3. The van der Waals surface area contributed by atoms with Gasteiger partial charge in [-0.15, -0.1) is 0 Å². The molecule has 0 aliphatic heterocycles. The summed E-state index contributed by atoms with van der Waals surface area (Å²) in [5, 5.41) is 3.60. The molecule has 0 aromatic carbocycles. The van der Waals surface area contributed by atoms with Crippen LogP contribution in [-0.4, -0.2) is 38.1 Å². The van der Waals surface area contributed by atoms with Crippen molar-refractivity contribution in [3.8, 4) is 0 Å². The van der Waals surface area contributed by atoms with Crippen molar-refractivity contribution in [3.05, 3.63) is 11.6 Å². The number of nitrogens with one attached hydrogen (secondary N) is 1. The molecule has 1 N–H and O–H groups in total. The number of nitrogens with zero attached hydrogens (tertiary/aromatic N) is 1. The van der Waals surface area contributed by atoms with E-state index in [4.69, 9.17) is 0 Å². The Morgan fingerprint density at radius 2 is 2.13 bits per heavy atom. The summed E-state index contributed by atoms with van der Waals surface area (Å²) < 4.78 is 0. The van der Waals surface area contributed by atoms with Crippen LogP contribution in [0.1, 0.15) is 39.0 Å². The number of rotatable bonds is 5. The monoisotopic (exact) mass is 210 g/mol. The van der Waals surface area contributed by atoms with Crippen molar-refractivity contribution in [3.63, 3.8) is 0 Å². The van der Waals surface area contributed by atoms with Crippen LogP contribution in [0.4, 0.5) is 0 Å². The number of hydrogen-bond acceptors (Lipinski definition) is 2. The Balaban J connectivity index is 2.55. The summed E-state index contributed by atoms with van der Waals surface area (Å²) in [6, 6.07) is 0.572. The Hall–Kier alpha value is -0.340. The SMILES string of the molecule is CCNC(CN(C)C)C1=CCCCCC1. The van der Waals surface area contributed by atoms with E-state index in [0.717, 1.165) is 13.1 Å². The van der Waals surface area contributed by atoms with Gasteiger partial charge in [0.2, 0.25) is 0 Å². The number of likely N-dealkylation sites (N-methyl/N-ethyl adjacent to an activating group) is 2. The van der Waals surface area contributed by atoms with Gasteiger partial charge in [-0.05, 0) is 46.3 Å². The second-order valence-electron chi connectivity index (χ2n) is 4.75. The van der Waals surface area contributed by atoms with E-state index < -0.39 is 0 Å².